The van der Waals surface area contributed by atoms with E-state index in [0.717, 1.165) is 23.1 Å². The van der Waals surface area contributed by atoms with Gasteiger partial charge in [-0.3, -0.25) is 4.79 Å². The lowest BCUT2D eigenvalue weighted by molar-refractivity contribution is -0.669. The van der Waals surface area contributed by atoms with E-state index in [0.29, 0.717) is 0 Å². The van der Waals surface area contributed by atoms with Crippen LogP contribution in [-0.2, 0) is 11.3 Å². The van der Waals surface area contributed by atoms with E-state index in [1.54, 1.807) is 6.08 Å². The van der Waals surface area contributed by atoms with Crippen molar-refractivity contribution in [3.05, 3.63) is 71.7 Å². The molecule has 0 amide bonds. The Morgan fingerprint density at radius 2 is 2.00 bits per heavy atom. The molecular formula is C18H15NO2. The summed E-state index contributed by atoms with van der Waals surface area (Å²) in [7, 11) is 0. The van der Waals surface area contributed by atoms with Crippen molar-refractivity contribution in [1.82, 2.24) is 0 Å². The van der Waals surface area contributed by atoms with Crippen LogP contribution in [0.1, 0.15) is 12.6 Å². The molecule has 1 aromatic heterocycles. The third kappa shape index (κ3) is 1.98. The summed E-state index contributed by atoms with van der Waals surface area (Å²) in [4.78, 5) is 11.9. The molecule has 1 aromatic carbocycles. The number of pyridine rings is 1. The molecule has 1 aliphatic carbocycles. The van der Waals surface area contributed by atoms with Gasteiger partial charge in [0.1, 0.15) is 6.54 Å². The Labute approximate surface area is 123 Å². The average molecular weight is 277 g/mol. The minimum absolute atomic E-state index is 0.185. The Balaban J connectivity index is 2.17. The van der Waals surface area contributed by atoms with E-state index in [2.05, 4.69) is 11.1 Å². The molecule has 3 rings (SSSR count). The Morgan fingerprint density at radius 3 is 2.67 bits per heavy atom. The van der Waals surface area contributed by atoms with Gasteiger partial charge >= 0.3 is 0 Å². The number of fused-ring (bicyclic) bond motifs is 1. The summed E-state index contributed by atoms with van der Waals surface area (Å²) in [6, 6.07) is 12.0. The van der Waals surface area contributed by atoms with Crippen LogP contribution in [0.5, 0.6) is 0 Å². The molecule has 0 spiro atoms. The molecule has 3 heteroatoms. The van der Waals surface area contributed by atoms with E-state index in [4.69, 9.17) is 0 Å². The molecule has 104 valence electrons. The normalized spacial score (nSPS) is 16.4. The number of rotatable bonds is 3. The molecule has 0 saturated carbocycles. The lowest BCUT2D eigenvalue weighted by Gasteiger charge is -2.27. The Morgan fingerprint density at radius 1 is 1.24 bits per heavy atom. The van der Waals surface area contributed by atoms with Crippen LogP contribution in [0.25, 0.3) is 17.0 Å². The number of nitrogens with zero attached hydrogens (tertiary/aromatic N) is 1. The maximum absolute atomic E-state index is 11.9. The fourth-order valence-corrected chi connectivity index (χ4v) is 2.66. The fourth-order valence-electron chi connectivity index (χ4n) is 2.66. The van der Waals surface area contributed by atoms with Crippen molar-refractivity contribution in [3.8, 4) is 0 Å². The van der Waals surface area contributed by atoms with Gasteiger partial charge < -0.3 is 5.11 Å². The van der Waals surface area contributed by atoms with Gasteiger partial charge in [0.2, 0.25) is 11.2 Å². The summed E-state index contributed by atoms with van der Waals surface area (Å²) in [6.45, 7) is 6.30. The summed E-state index contributed by atoms with van der Waals surface area (Å²) < 4.78 is 2.09. The number of carbonyl (C=O) groups is 1. The summed E-state index contributed by atoms with van der Waals surface area (Å²) in [6.07, 6.45) is 3.00. The second-order valence-electron chi connectivity index (χ2n) is 4.90. The van der Waals surface area contributed by atoms with Crippen molar-refractivity contribution in [2.75, 3.05) is 0 Å². The summed E-state index contributed by atoms with van der Waals surface area (Å²) in [5, 5.41) is 13.0. The number of ketones is 1. The second kappa shape index (κ2) is 5.02. The summed E-state index contributed by atoms with van der Waals surface area (Å²) in [5.74, 6) is -0.434. The van der Waals surface area contributed by atoms with E-state index in [1.807, 2.05) is 43.3 Å². The van der Waals surface area contributed by atoms with E-state index in [1.165, 1.54) is 6.08 Å². The van der Waals surface area contributed by atoms with Crippen molar-refractivity contribution in [3.63, 3.8) is 0 Å². The van der Waals surface area contributed by atoms with Crippen LogP contribution in [0, 0.1) is 0 Å². The van der Waals surface area contributed by atoms with Gasteiger partial charge in [-0.25, -0.2) is 0 Å². The quantitative estimate of drug-likeness (QED) is 0.635. The minimum Gasteiger partial charge on any atom is -0.871 e. The number of aryl methyl sites for hydroxylation is 1. The van der Waals surface area contributed by atoms with Gasteiger partial charge in [0.05, 0.1) is 0 Å². The van der Waals surface area contributed by atoms with Gasteiger partial charge in [0.15, 0.2) is 5.78 Å². The number of carbonyl (C=O) groups excluding carboxylic acids is 1. The van der Waals surface area contributed by atoms with Gasteiger partial charge in [-0.1, -0.05) is 30.5 Å². The third-order valence-electron chi connectivity index (χ3n) is 3.76. The van der Waals surface area contributed by atoms with Gasteiger partial charge in [-0.15, -0.1) is 0 Å². The second-order valence-corrected chi connectivity index (χ2v) is 4.90. The van der Waals surface area contributed by atoms with Gasteiger partial charge in [0, 0.05) is 34.7 Å². The zero-order valence-electron chi connectivity index (χ0n) is 11.8. The predicted octanol–water partition coefficient (Wildman–Crippen LogP) is 1.91. The average Bonchev–Trinajstić information content (AvgIpc) is 2.52. The molecule has 0 radical (unpaired) electrons. The fraction of sp³-hybridized carbons (Fsp3) is 0.111. The number of Topliss-reactive ketones (excluding diaryl/α,β-unsaturated/α-hetero) is 1. The highest BCUT2D eigenvalue weighted by Crippen LogP contribution is 2.28. The minimum atomic E-state index is -0.217. The molecule has 0 fully saturated rings. The van der Waals surface area contributed by atoms with Crippen molar-refractivity contribution in [2.45, 2.75) is 13.5 Å². The monoisotopic (exact) mass is 277 g/mol. The van der Waals surface area contributed by atoms with Crippen molar-refractivity contribution in [2.24, 2.45) is 0 Å². The number of benzene rings is 1. The Bertz CT molecular complexity index is 828. The van der Waals surface area contributed by atoms with E-state index in [-0.39, 0.29) is 22.7 Å². The van der Waals surface area contributed by atoms with E-state index in [9.17, 15) is 9.90 Å². The van der Waals surface area contributed by atoms with Gasteiger partial charge in [-0.05, 0) is 19.1 Å². The summed E-state index contributed by atoms with van der Waals surface area (Å²) in [5.41, 5.74) is 2.37. The van der Waals surface area contributed by atoms with Crippen molar-refractivity contribution >= 4 is 22.8 Å². The molecule has 0 aliphatic heterocycles. The van der Waals surface area contributed by atoms with Crippen LogP contribution in [0.15, 0.2) is 66.0 Å². The Kier molecular flexibility index (Phi) is 3.18. The first kappa shape index (κ1) is 13.3. The zero-order valence-corrected chi connectivity index (χ0v) is 11.8. The lowest BCUT2D eigenvalue weighted by atomic mass is 9.87. The number of allylic oxidation sites excluding steroid dienone is 3. The van der Waals surface area contributed by atoms with E-state index >= 15 is 0 Å². The molecule has 3 nitrogen and oxygen atoms in total. The molecule has 1 heterocycles. The standard InChI is InChI=1S/C18H15NO2/c1-3-14-17(20)15(18(14)21)11-13-10-9-12-7-5-6-8-16(12)19(13)4-2/h3,5-11H,1,4H2,2H3. The molecule has 1 aliphatic rings. The Hall–Kier alpha value is -2.68. The maximum atomic E-state index is 11.9. The molecule has 2 aromatic rings. The molecule has 0 N–H and O–H groups in total. The molecule has 21 heavy (non-hydrogen) atoms. The highest BCUT2D eigenvalue weighted by atomic mass is 16.3. The van der Waals surface area contributed by atoms with Crippen LogP contribution in [0.3, 0.4) is 0 Å². The van der Waals surface area contributed by atoms with Crippen molar-refractivity contribution < 1.29 is 14.5 Å². The summed E-state index contributed by atoms with van der Waals surface area (Å²) >= 11 is 0. The lowest BCUT2D eigenvalue weighted by Crippen LogP contribution is -2.37. The highest BCUT2D eigenvalue weighted by Gasteiger charge is 2.26. The first-order valence-corrected chi connectivity index (χ1v) is 6.89. The SMILES string of the molecule is C=CC1=C([O-])C(=Cc2ccc3ccccc3[n+]2CC)C1=O. The third-order valence-corrected chi connectivity index (χ3v) is 3.76. The van der Waals surface area contributed by atoms with Crippen LogP contribution >= 0.6 is 0 Å². The number of hydrogen-bond donors (Lipinski definition) is 0. The van der Waals surface area contributed by atoms with Crippen LogP contribution in [0.4, 0.5) is 0 Å². The maximum Gasteiger partial charge on any atom is 0.212 e. The first-order chi connectivity index (χ1) is 10.2. The first-order valence-electron chi connectivity index (χ1n) is 6.89. The van der Waals surface area contributed by atoms with E-state index < -0.39 is 0 Å². The van der Waals surface area contributed by atoms with Crippen LogP contribution in [0.2, 0.25) is 0 Å². The van der Waals surface area contributed by atoms with Crippen LogP contribution < -0.4 is 9.67 Å². The van der Waals surface area contributed by atoms with Gasteiger partial charge in [0.25, 0.3) is 0 Å². The largest absolute Gasteiger partial charge is 0.871 e. The highest BCUT2D eigenvalue weighted by molar-refractivity contribution is 6.22. The smallest absolute Gasteiger partial charge is 0.212 e. The van der Waals surface area contributed by atoms with Crippen molar-refractivity contribution in [1.29, 1.82) is 0 Å². The topological polar surface area (TPSA) is 44.0 Å². The predicted molar refractivity (Wildman–Crippen MR) is 80.0 cm³/mol. The number of hydrogen-bond acceptors (Lipinski definition) is 2. The zero-order chi connectivity index (χ0) is 15.0. The molecule has 0 saturated heterocycles. The van der Waals surface area contributed by atoms with Crippen LogP contribution in [-0.4, -0.2) is 5.78 Å². The molecular weight excluding hydrogens is 262 g/mol. The number of para-hydroxylation sites is 1. The molecule has 0 unspecified atom stereocenters. The molecule has 0 bridgehead atoms. The number of aromatic nitrogens is 1. The molecule has 0 atom stereocenters. The van der Waals surface area contributed by atoms with Gasteiger partial charge in [-0.2, -0.15) is 4.57 Å².